The Morgan fingerprint density at radius 3 is 2.45 bits per heavy atom. The Balaban J connectivity index is 2.11. The Morgan fingerprint density at radius 2 is 1.95 bits per heavy atom. The maximum Gasteiger partial charge on any atom is 0.339 e. The van der Waals surface area contributed by atoms with E-state index in [1.54, 1.807) is 17.0 Å². The molecule has 2 heterocycles. The molecule has 1 aliphatic rings. The number of methoxy groups -OCH3 is 1. The minimum absolute atomic E-state index is 0.0112. The molecule has 6 heteroatoms. The number of ether oxygens (including phenoxy) is 2. The van der Waals surface area contributed by atoms with E-state index in [9.17, 15) is 9.59 Å². The lowest BCUT2D eigenvalue weighted by atomic mass is 10.2. The number of esters is 1. The zero-order valence-corrected chi connectivity index (χ0v) is 11.8. The largest absolute Gasteiger partial charge is 0.465 e. The molecule has 1 aromatic heterocycles. The van der Waals surface area contributed by atoms with E-state index in [0.717, 1.165) is 0 Å². The minimum atomic E-state index is -0.467. The van der Waals surface area contributed by atoms with E-state index >= 15 is 0 Å². The van der Waals surface area contributed by atoms with Crippen molar-refractivity contribution in [2.75, 3.05) is 20.2 Å². The standard InChI is InChI=1S/C14H18N2O4/c1-9-7-16(8-10(2)20-9)13(17)12-5-4-11(6-15-12)14(18)19-3/h4-6,9-10H,7-8H2,1-3H3/t9-,10-/m1/s1. The Hall–Kier alpha value is -1.95. The van der Waals surface area contributed by atoms with Gasteiger partial charge in [0.2, 0.25) is 0 Å². The van der Waals surface area contributed by atoms with Gasteiger partial charge in [0.05, 0.1) is 24.9 Å². The average molecular weight is 278 g/mol. The van der Waals surface area contributed by atoms with Crippen LogP contribution in [0.2, 0.25) is 0 Å². The minimum Gasteiger partial charge on any atom is -0.465 e. The second kappa shape index (κ2) is 6.00. The summed E-state index contributed by atoms with van der Waals surface area (Å²) in [6, 6.07) is 3.08. The van der Waals surface area contributed by atoms with Gasteiger partial charge in [0.15, 0.2) is 0 Å². The lowest BCUT2D eigenvalue weighted by Gasteiger charge is -2.35. The Bertz CT molecular complexity index is 490. The smallest absolute Gasteiger partial charge is 0.339 e. The van der Waals surface area contributed by atoms with Crippen molar-refractivity contribution in [1.82, 2.24) is 9.88 Å². The summed E-state index contributed by atoms with van der Waals surface area (Å²) in [6.07, 6.45) is 1.38. The molecule has 2 atom stereocenters. The zero-order valence-electron chi connectivity index (χ0n) is 11.8. The van der Waals surface area contributed by atoms with Crippen molar-refractivity contribution >= 4 is 11.9 Å². The fourth-order valence-electron chi connectivity index (χ4n) is 2.26. The predicted octanol–water partition coefficient (Wildman–Crippen LogP) is 1.12. The maximum absolute atomic E-state index is 12.3. The molecular formula is C14H18N2O4. The molecule has 0 unspecified atom stereocenters. The second-order valence-electron chi connectivity index (χ2n) is 4.89. The van der Waals surface area contributed by atoms with Gasteiger partial charge >= 0.3 is 5.97 Å². The summed E-state index contributed by atoms with van der Waals surface area (Å²) in [5.41, 5.74) is 0.645. The molecule has 108 valence electrons. The third kappa shape index (κ3) is 3.14. The van der Waals surface area contributed by atoms with E-state index in [2.05, 4.69) is 9.72 Å². The van der Waals surface area contributed by atoms with E-state index in [-0.39, 0.29) is 18.1 Å². The number of morpholine rings is 1. The highest BCUT2D eigenvalue weighted by atomic mass is 16.5. The van der Waals surface area contributed by atoms with Crippen LogP contribution in [0.25, 0.3) is 0 Å². The van der Waals surface area contributed by atoms with Crippen LogP contribution in [0, 0.1) is 0 Å². The van der Waals surface area contributed by atoms with E-state index in [0.29, 0.717) is 24.3 Å². The average Bonchev–Trinajstić information content (AvgIpc) is 2.45. The van der Waals surface area contributed by atoms with Crippen LogP contribution in [-0.4, -0.2) is 54.2 Å². The van der Waals surface area contributed by atoms with E-state index in [1.807, 2.05) is 13.8 Å². The molecule has 0 spiro atoms. The van der Waals surface area contributed by atoms with Gasteiger partial charge in [-0.25, -0.2) is 4.79 Å². The molecule has 0 N–H and O–H groups in total. The summed E-state index contributed by atoms with van der Waals surface area (Å²) in [6.45, 7) is 4.96. The van der Waals surface area contributed by atoms with E-state index in [1.165, 1.54) is 13.3 Å². The van der Waals surface area contributed by atoms with Crippen molar-refractivity contribution in [3.8, 4) is 0 Å². The number of carbonyl (C=O) groups excluding carboxylic acids is 2. The Kier molecular flexibility index (Phi) is 4.34. The van der Waals surface area contributed by atoms with Crippen LogP contribution in [0.3, 0.4) is 0 Å². The quantitative estimate of drug-likeness (QED) is 0.758. The van der Waals surface area contributed by atoms with Crippen LogP contribution in [0.1, 0.15) is 34.7 Å². The number of rotatable bonds is 2. The first-order chi connectivity index (χ1) is 9.51. The van der Waals surface area contributed by atoms with Crippen molar-refractivity contribution in [2.45, 2.75) is 26.1 Å². The van der Waals surface area contributed by atoms with Gasteiger partial charge in [-0.1, -0.05) is 0 Å². The monoisotopic (exact) mass is 278 g/mol. The predicted molar refractivity (Wildman–Crippen MR) is 71.5 cm³/mol. The molecule has 6 nitrogen and oxygen atoms in total. The number of carbonyl (C=O) groups is 2. The van der Waals surface area contributed by atoms with E-state index in [4.69, 9.17) is 4.74 Å². The number of amides is 1. The van der Waals surface area contributed by atoms with Crippen molar-refractivity contribution in [3.05, 3.63) is 29.6 Å². The van der Waals surface area contributed by atoms with Crippen molar-refractivity contribution in [1.29, 1.82) is 0 Å². The summed E-state index contributed by atoms with van der Waals surface area (Å²) in [4.78, 5) is 29.4. The van der Waals surface area contributed by atoms with Crippen LogP contribution in [0.5, 0.6) is 0 Å². The first-order valence-corrected chi connectivity index (χ1v) is 6.50. The van der Waals surface area contributed by atoms with Crippen LogP contribution in [0.15, 0.2) is 18.3 Å². The first-order valence-electron chi connectivity index (χ1n) is 6.50. The summed E-state index contributed by atoms with van der Waals surface area (Å²) in [5, 5.41) is 0. The molecule has 20 heavy (non-hydrogen) atoms. The molecule has 2 rings (SSSR count). The molecule has 1 amide bonds. The SMILES string of the molecule is COC(=O)c1ccc(C(=O)N2C[C@@H](C)O[C@H](C)C2)nc1. The second-order valence-corrected chi connectivity index (χ2v) is 4.89. The molecule has 1 saturated heterocycles. The van der Waals surface area contributed by atoms with Gasteiger partial charge in [-0.2, -0.15) is 0 Å². The number of hydrogen-bond donors (Lipinski definition) is 0. The molecule has 0 saturated carbocycles. The molecule has 0 radical (unpaired) electrons. The molecule has 1 aromatic rings. The number of aromatic nitrogens is 1. The van der Waals surface area contributed by atoms with Gasteiger partial charge in [0.25, 0.3) is 5.91 Å². The van der Waals surface area contributed by atoms with Crippen molar-refractivity contribution in [2.24, 2.45) is 0 Å². The highest BCUT2D eigenvalue weighted by Crippen LogP contribution is 2.13. The molecule has 1 fully saturated rings. The van der Waals surface area contributed by atoms with Gasteiger partial charge in [0.1, 0.15) is 5.69 Å². The zero-order chi connectivity index (χ0) is 14.7. The molecule has 0 aliphatic carbocycles. The Morgan fingerprint density at radius 1 is 1.30 bits per heavy atom. The number of pyridine rings is 1. The molecule has 1 aliphatic heterocycles. The highest BCUT2D eigenvalue weighted by molar-refractivity contribution is 5.94. The third-order valence-electron chi connectivity index (χ3n) is 3.11. The van der Waals surface area contributed by atoms with Crippen LogP contribution in [0.4, 0.5) is 0 Å². The molecule has 0 aromatic carbocycles. The van der Waals surface area contributed by atoms with Gasteiger partial charge in [-0.3, -0.25) is 9.78 Å². The summed E-state index contributed by atoms with van der Waals surface area (Å²) >= 11 is 0. The summed E-state index contributed by atoms with van der Waals surface area (Å²) in [7, 11) is 1.30. The van der Waals surface area contributed by atoms with Gasteiger partial charge < -0.3 is 14.4 Å². The van der Waals surface area contributed by atoms with Crippen LogP contribution in [-0.2, 0) is 9.47 Å². The van der Waals surface area contributed by atoms with Crippen LogP contribution < -0.4 is 0 Å². The van der Waals surface area contributed by atoms with Gasteiger partial charge in [-0.15, -0.1) is 0 Å². The Labute approximate surface area is 117 Å². The van der Waals surface area contributed by atoms with Crippen molar-refractivity contribution < 1.29 is 19.1 Å². The molecular weight excluding hydrogens is 260 g/mol. The maximum atomic E-state index is 12.3. The molecule has 0 bridgehead atoms. The third-order valence-corrected chi connectivity index (χ3v) is 3.11. The summed E-state index contributed by atoms with van der Waals surface area (Å²) in [5.74, 6) is -0.617. The number of nitrogens with zero attached hydrogens (tertiary/aromatic N) is 2. The fraction of sp³-hybridized carbons (Fsp3) is 0.500. The van der Waals surface area contributed by atoms with E-state index < -0.39 is 5.97 Å². The lowest BCUT2D eigenvalue weighted by molar-refractivity contribution is -0.0587. The first kappa shape index (κ1) is 14.5. The van der Waals surface area contributed by atoms with Crippen molar-refractivity contribution in [3.63, 3.8) is 0 Å². The van der Waals surface area contributed by atoms with Gasteiger partial charge in [-0.05, 0) is 26.0 Å². The lowest BCUT2D eigenvalue weighted by Crippen LogP contribution is -2.48. The topological polar surface area (TPSA) is 68.7 Å². The normalized spacial score (nSPS) is 22.4. The van der Waals surface area contributed by atoms with Gasteiger partial charge in [0, 0.05) is 19.3 Å². The summed E-state index contributed by atoms with van der Waals surface area (Å²) < 4.78 is 10.2. The highest BCUT2D eigenvalue weighted by Gasteiger charge is 2.27. The number of hydrogen-bond acceptors (Lipinski definition) is 5. The fourth-order valence-corrected chi connectivity index (χ4v) is 2.26. The van der Waals surface area contributed by atoms with Crippen LogP contribution >= 0.6 is 0 Å².